The molecule has 0 saturated heterocycles. The summed E-state index contributed by atoms with van der Waals surface area (Å²) in [5.41, 5.74) is 0.135. The SMILES string of the molecule is CC(C)C12CC(C(F)(F)F)(C1)C2.CC(C)C12CC(C1)C2.CC(C)C12CC(F)(C1)C2.CC(C)C12CCC(F)(CC1)CC2.CC(C)C1CC2(CC2)C1. The molecule has 14 aliphatic carbocycles. The average molecular weight is 711 g/mol. The minimum Gasteiger partial charge on any atom is -0.244 e. The minimum absolute atomic E-state index is 0.0650. The van der Waals surface area contributed by atoms with Crippen LogP contribution in [0.1, 0.15) is 191 Å². The van der Waals surface area contributed by atoms with E-state index in [1.165, 1.54) is 0 Å². The molecule has 5 heteroatoms. The van der Waals surface area contributed by atoms with Gasteiger partial charge in [-0.2, -0.15) is 13.2 Å². The molecular formula is C45H75F5. The van der Waals surface area contributed by atoms with Gasteiger partial charge in [0.25, 0.3) is 0 Å². The molecule has 0 radical (unpaired) electrons. The van der Waals surface area contributed by atoms with Gasteiger partial charge >= 0.3 is 6.18 Å². The predicted octanol–water partition coefficient (Wildman–Crippen LogP) is 14.9. The van der Waals surface area contributed by atoms with Gasteiger partial charge in [0, 0.05) is 0 Å². The van der Waals surface area contributed by atoms with Crippen molar-refractivity contribution in [3.63, 3.8) is 0 Å². The van der Waals surface area contributed by atoms with E-state index in [0.29, 0.717) is 41.9 Å². The average Bonchev–Trinajstić information content (AvgIpc) is 3.64. The van der Waals surface area contributed by atoms with E-state index in [1.54, 1.807) is 44.9 Å². The van der Waals surface area contributed by atoms with Crippen LogP contribution in [-0.4, -0.2) is 17.5 Å². The summed E-state index contributed by atoms with van der Waals surface area (Å²) in [6, 6.07) is 0. The molecule has 0 aliphatic heterocycles. The smallest absolute Gasteiger partial charge is 0.244 e. The van der Waals surface area contributed by atoms with Gasteiger partial charge in [-0.1, -0.05) is 69.2 Å². The van der Waals surface area contributed by atoms with E-state index in [2.05, 4.69) is 55.4 Å². The van der Waals surface area contributed by atoms with Crippen molar-refractivity contribution in [1.82, 2.24) is 0 Å². The molecule has 14 saturated carbocycles. The van der Waals surface area contributed by atoms with Gasteiger partial charge in [0.2, 0.25) is 0 Å². The van der Waals surface area contributed by atoms with Crippen molar-refractivity contribution >= 4 is 0 Å². The standard InChI is InChI=1S/C11H19F.C9H13F3.C9H16.C8H13F.C8H14/c1-9(2)10-3-6-11(12,7-4-10)8-5-10;1-6(2)7-3-8(4-7,5-7)9(10,11)12;1-7(2)8-5-9(6-8)3-4-9;1-6(2)7-3-8(9,4-7)5-7;1-6(2)8-3-7(4-8)5-8/h9H,3-8H2,1-2H3;6H,3-5H2,1-2H3;7-8H,3-6H2,1-2H3;6H,3-5H2,1-2H3;6-7H,3-5H2,1-2H3. The molecule has 0 unspecified atom stereocenters. The Kier molecular flexibility index (Phi) is 9.91. The molecule has 0 atom stereocenters. The van der Waals surface area contributed by atoms with Crippen LogP contribution in [0.25, 0.3) is 0 Å². The van der Waals surface area contributed by atoms with Crippen molar-refractivity contribution in [2.45, 2.75) is 209 Å². The molecule has 0 aromatic carbocycles. The van der Waals surface area contributed by atoms with E-state index >= 15 is 0 Å². The number of fused-ring (bicyclic) bond motifs is 3. The van der Waals surface area contributed by atoms with Crippen LogP contribution in [0.4, 0.5) is 22.0 Å². The topological polar surface area (TPSA) is 0 Å². The number of hydrogen-bond donors (Lipinski definition) is 0. The summed E-state index contributed by atoms with van der Waals surface area (Å²) < 4.78 is 63.7. The fourth-order valence-corrected chi connectivity index (χ4v) is 12.5. The summed E-state index contributed by atoms with van der Waals surface area (Å²) in [7, 11) is 0. The first kappa shape index (κ1) is 39.3. The third-order valence-electron chi connectivity index (χ3n) is 18.2. The maximum Gasteiger partial charge on any atom is 0.394 e. The first-order valence-electron chi connectivity index (χ1n) is 21.3. The second kappa shape index (κ2) is 12.6. The Balaban J connectivity index is 0.000000109. The Morgan fingerprint density at radius 1 is 0.440 bits per heavy atom. The molecule has 1 spiro atoms. The zero-order valence-electron chi connectivity index (χ0n) is 33.9. The third kappa shape index (κ3) is 6.78. The number of hydrogen-bond acceptors (Lipinski definition) is 0. The Morgan fingerprint density at radius 3 is 1.04 bits per heavy atom. The van der Waals surface area contributed by atoms with Crippen LogP contribution in [0.5, 0.6) is 0 Å². The molecule has 50 heavy (non-hydrogen) atoms. The molecule has 14 rings (SSSR count). The molecule has 8 bridgehead atoms. The van der Waals surface area contributed by atoms with Gasteiger partial charge in [-0.05, 0) is 190 Å². The van der Waals surface area contributed by atoms with Crippen LogP contribution in [0.3, 0.4) is 0 Å². The molecule has 14 aliphatic rings. The maximum absolute atomic E-state index is 13.8. The Bertz CT molecular complexity index is 1120. The highest BCUT2D eigenvalue weighted by molar-refractivity contribution is 5.21. The lowest BCUT2D eigenvalue weighted by atomic mass is 9.32. The van der Waals surface area contributed by atoms with Crippen molar-refractivity contribution in [1.29, 1.82) is 0 Å². The van der Waals surface area contributed by atoms with Crippen molar-refractivity contribution < 1.29 is 22.0 Å². The van der Waals surface area contributed by atoms with Crippen LogP contribution in [0.15, 0.2) is 0 Å². The Hall–Kier alpha value is -0.350. The van der Waals surface area contributed by atoms with Crippen molar-refractivity contribution in [3.8, 4) is 0 Å². The van der Waals surface area contributed by atoms with Crippen molar-refractivity contribution in [2.24, 2.45) is 73.9 Å². The minimum atomic E-state index is -3.94. The predicted molar refractivity (Wildman–Crippen MR) is 197 cm³/mol. The quantitative estimate of drug-likeness (QED) is 0.249. The van der Waals surface area contributed by atoms with Crippen molar-refractivity contribution in [2.75, 3.05) is 0 Å². The van der Waals surface area contributed by atoms with Gasteiger partial charge in [-0.25, -0.2) is 8.78 Å². The number of rotatable bonds is 5. The summed E-state index contributed by atoms with van der Waals surface area (Å²) in [5.74, 6) is 6.05. The largest absolute Gasteiger partial charge is 0.394 e. The molecule has 0 aromatic rings. The second-order valence-corrected chi connectivity index (χ2v) is 22.6. The highest BCUT2D eigenvalue weighted by Gasteiger charge is 2.78. The van der Waals surface area contributed by atoms with Crippen LogP contribution < -0.4 is 0 Å². The maximum atomic E-state index is 13.8. The fraction of sp³-hybridized carbons (Fsp3) is 1.00. The summed E-state index contributed by atoms with van der Waals surface area (Å²) in [6.45, 7) is 22.5. The van der Waals surface area contributed by atoms with Crippen LogP contribution in [-0.2, 0) is 0 Å². The molecule has 0 amide bonds. The van der Waals surface area contributed by atoms with Crippen LogP contribution in [0, 0.1) is 73.9 Å². The van der Waals surface area contributed by atoms with Gasteiger partial charge < -0.3 is 0 Å². The third-order valence-corrected chi connectivity index (χ3v) is 18.2. The summed E-state index contributed by atoms with van der Waals surface area (Å²) in [5, 5.41) is 0. The van der Waals surface area contributed by atoms with Gasteiger partial charge in [-0.15, -0.1) is 0 Å². The molecule has 0 N–H and O–H groups in total. The van der Waals surface area contributed by atoms with Gasteiger partial charge in [-0.3, -0.25) is 0 Å². The summed E-state index contributed by atoms with van der Waals surface area (Å²) in [4.78, 5) is 0. The molecule has 0 aromatic heterocycles. The Morgan fingerprint density at radius 2 is 0.820 bits per heavy atom. The highest BCUT2D eigenvalue weighted by Crippen LogP contribution is 2.80. The Labute approximate surface area is 304 Å². The molecule has 14 fully saturated rings. The van der Waals surface area contributed by atoms with E-state index in [0.717, 1.165) is 98.2 Å². The monoisotopic (exact) mass is 711 g/mol. The van der Waals surface area contributed by atoms with E-state index in [4.69, 9.17) is 0 Å². The zero-order valence-corrected chi connectivity index (χ0v) is 33.9. The molecular weight excluding hydrogens is 635 g/mol. The number of halogens is 5. The van der Waals surface area contributed by atoms with Crippen LogP contribution >= 0.6 is 0 Å². The molecule has 0 nitrogen and oxygen atoms in total. The van der Waals surface area contributed by atoms with Gasteiger partial charge in [0.05, 0.1) is 5.41 Å². The van der Waals surface area contributed by atoms with Crippen molar-refractivity contribution in [3.05, 3.63) is 0 Å². The summed E-state index contributed by atoms with van der Waals surface area (Å²) >= 11 is 0. The first-order valence-corrected chi connectivity index (χ1v) is 21.3. The fourth-order valence-electron chi connectivity index (χ4n) is 12.5. The van der Waals surface area contributed by atoms with Crippen LogP contribution in [0.2, 0.25) is 0 Å². The first-order chi connectivity index (χ1) is 22.9. The second-order valence-electron chi connectivity index (χ2n) is 22.6. The van der Waals surface area contributed by atoms with E-state index in [-0.39, 0.29) is 5.41 Å². The normalized spacial score (nSPS) is 45.7. The lowest BCUT2D eigenvalue weighted by Gasteiger charge is -2.72. The van der Waals surface area contributed by atoms with E-state index in [1.807, 2.05) is 13.8 Å². The zero-order chi connectivity index (χ0) is 37.0. The summed E-state index contributed by atoms with van der Waals surface area (Å²) in [6.07, 6.45) is 16.6. The highest BCUT2D eigenvalue weighted by atomic mass is 19.4. The molecule has 0 heterocycles. The van der Waals surface area contributed by atoms with Gasteiger partial charge in [0.15, 0.2) is 0 Å². The lowest BCUT2D eigenvalue weighted by Crippen LogP contribution is -2.69. The molecule has 290 valence electrons. The number of alkyl halides is 5. The lowest BCUT2D eigenvalue weighted by molar-refractivity contribution is -0.373. The van der Waals surface area contributed by atoms with E-state index < -0.39 is 22.9 Å². The van der Waals surface area contributed by atoms with Gasteiger partial charge in [0.1, 0.15) is 11.3 Å². The van der Waals surface area contributed by atoms with E-state index in [9.17, 15) is 22.0 Å².